The largest absolute Gasteiger partial charge is 0.507 e. The molecule has 1 heterocycles. The molecule has 3 saturated carbocycles. The van der Waals surface area contributed by atoms with E-state index < -0.39 is 29.0 Å². The minimum atomic E-state index is -4.68. The molecule has 1 unspecified atom stereocenters. The maximum Gasteiger partial charge on any atom is 0.417 e. The van der Waals surface area contributed by atoms with Gasteiger partial charge in [-0.1, -0.05) is 24.3 Å². The molecule has 1 aromatic heterocycles. The van der Waals surface area contributed by atoms with Crippen molar-refractivity contribution in [3.63, 3.8) is 0 Å². The van der Waals surface area contributed by atoms with Crippen molar-refractivity contribution in [2.24, 2.45) is 11.3 Å². The Hall–Kier alpha value is -3.69. The Morgan fingerprint density at radius 2 is 1.73 bits per heavy atom. The number of carbonyl (C=O) groups excluding carboxylic acids is 1. The van der Waals surface area contributed by atoms with E-state index in [1.807, 2.05) is 0 Å². The van der Waals surface area contributed by atoms with Gasteiger partial charge in [-0.05, 0) is 72.9 Å². The van der Waals surface area contributed by atoms with Gasteiger partial charge in [-0.3, -0.25) is 4.79 Å². The second-order valence-corrected chi connectivity index (χ2v) is 10.1. The summed E-state index contributed by atoms with van der Waals surface area (Å²) in [6.45, 7) is 0.299. The van der Waals surface area contributed by atoms with E-state index >= 15 is 0 Å². The van der Waals surface area contributed by atoms with Gasteiger partial charge >= 0.3 is 6.18 Å². The molecule has 3 N–H and O–H groups in total. The van der Waals surface area contributed by atoms with Crippen LogP contribution in [0.25, 0.3) is 0 Å². The van der Waals surface area contributed by atoms with Crippen LogP contribution in [0.3, 0.4) is 0 Å². The monoisotopic (exact) mass is 517 g/mol. The minimum Gasteiger partial charge on any atom is -0.507 e. The molecule has 5 nitrogen and oxygen atoms in total. The number of carbonyl (C=O) groups is 1. The highest BCUT2D eigenvalue weighted by Crippen LogP contribution is 2.72. The van der Waals surface area contributed by atoms with Crippen molar-refractivity contribution in [3.05, 3.63) is 89.1 Å². The van der Waals surface area contributed by atoms with Gasteiger partial charge in [0.2, 0.25) is 0 Å². The van der Waals surface area contributed by atoms with Crippen LogP contribution in [0.5, 0.6) is 5.75 Å². The molecule has 0 radical (unpaired) electrons. The summed E-state index contributed by atoms with van der Waals surface area (Å²) >= 11 is 0. The third-order valence-corrected chi connectivity index (χ3v) is 7.54. The molecule has 3 aliphatic carbocycles. The van der Waals surface area contributed by atoms with Gasteiger partial charge in [0.05, 0.1) is 11.1 Å². The van der Waals surface area contributed by atoms with Crippen LogP contribution in [0, 0.1) is 23.0 Å². The van der Waals surface area contributed by atoms with E-state index in [1.165, 1.54) is 24.3 Å². The van der Waals surface area contributed by atoms with Gasteiger partial charge < -0.3 is 15.7 Å². The van der Waals surface area contributed by atoms with E-state index in [0.717, 1.165) is 5.56 Å². The first-order valence-electron chi connectivity index (χ1n) is 11.8. The number of phenolic OH excluding ortho intramolecular Hbond substituents is 1. The number of pyridine rings is 1. The lowest BCUT2D eigenvalue weighted by Crippen LogP contribution is -2.74. The van der Waals surface area contributed by atoms with E-state index in [9.17, 15) is 31.9 Å². The van der Waals surface area contributed by atoms with Crippen molar-refractivity contribution < 1.29 is 31.9 Å². The van der Waals surface area contributed by atoms with Gasteiger partial charge in [-0.2, -0.15) is 13.2 Å². The molecule has 6 rings (SSSR count). The smallest absolute Gasteiger partial charge is 0.417 e. The first-order valence-corrected chi connectivity index (χ1v) is 11.8. The lowest BCUT2D eigenvalue weighted by molar-refractivity contribution is -0.158. The van der Waals surface area contributed by atoms with Gasteiger partial charge in [-0.25, -0.2) is 13.8 Å². The zero-order chi connectivity index (χ0) is 26.4. The topological polar surface area (TPSA) is 74.2 Å². The van der Waals surface area contributed by atoms with Crippen LogP contribution in [-0.4, -0.2) is 28.1 Å². The number of phenols is 1. The van der Waals surface area contributed by atoms with Crippen molar-refractivity contribution >= 4 is 11.7 Å². The number of benzene rings is 2. The summed E-state index contributed by atoms with van der Waals surface area (Å²) in [5, 5.41) is 15.9. The first-order chi connectivity index (χ1) is 17.5. The predicted octanol–water partition coefficient (Wildman–Crippen LogP) is 5.71. The molecule has 2 bridgehead atoms. The average Bonchev–Trinajstić information content (AvgIpc) is 2.80. The molecular weight excluding hydrogens is 493 g/mol. The lowest BCUT2D eigenvalue weighted by atomic mass is 9.35. The first kappa shape index (κ1) is 25.0. The van der Waals surface area contributed by atoms with Crippen LogP contribution in [0.15, 0.2) is 60.8 Å². The molecule has 3 aromatic rings. The zero-order valence-corrected chi connectivity index (χ0v) is 19.6. The fourth-order valence-corrected chi connectivity index (χ4v) is 5.76. The Balaban J connectivity index is 1.28. The van der Waals surface area contributed by atoms with Crippen molar-refractivity contribution in [1.29, 1.82) is 0 Å². The Morgan fingerprint density at radius 3 is 2.35 bits per heavy atom. The highest BCUT2D eigenvalue weighted by Gasteiger charge is 2.70. The number of amides is 1. The maximum absolute atomic E-state index is 14.3. The van der Waals surface area contributed by atoms with Crippen LogP contribution < -0.4 is 10.6 Å². The fourth-order valence-electron chi connectivity index (χ4n) is 5.76. The van der Waals surface area contributed by atoms with E-state index in [4.69, 9.17) is 0 Å². The van der Waals surface area contributed by atoms with Crippen molar-refractivity contribution in [2.75, 3.05) is 11.9 Å². The van der Waals surface area contributed by atoms with E-state index in [-0.39, 0.29) is 34.3 Å². The van der Waals surface area contributed by atoms with Crippen molar-refractivity contribution in [1.82, 2.24) is 10.3 Å². The molecule has 0 aliphatic heterocycles. The van der Waals surface area contributed by atoms with Gasteiger partial charge in [0.1, 0.15) is 11.6 Å². The Labute approximate surface area is 209 Å². The van der Waals surface area contributed by atoms with Crippen molar-refractivity contribution in [2.45, 2.75) is 37.4 Å². The molecular formula is C27H24F5N3O2. The van der Waals surface area contributed by atoms with Crippen LogP contribution in [0.2, 0.25) is 0 Å². The molecule has 3 fully saturated rings. The molecule has 1 atom stereocenters. The summed E-state index contributed by atoms with van der Waals surface area (Å²) in [7, 11) is 0. The molecule has 0 saturated heterocycles. The second-order valence-electron chi connectivity index (χ2n) is 10.1. The highest BCUT2D eigenvalue weighted by molar-refractivity contribution is 5.96. The van der Waals surface area contributed by atoms with Gasteiger partial charge in [0.15, 0.2) is 11.6 Å². The standard InChI is InChI=1S/C27H24F5N3O2/c28-19-7-5-16(6-8-19)9-17(11-34-24(37)20-3-1-2-4-22(20)36)25-13-26(14-25,15-25)35-23-21(29)10-18(12-33-23)27(30,31)32/h1-8,10,12,17,36H,9,11,13-15H2,(H,33,35)(H,34,37). The maximum atomic E-state index is 14.3. The highest BCUT2D eigenvalue weighted by atomic mass is 19.4. The molecule has 2 aromatic carbocycles. The average molecular weight is 517 g/mol. The normalized spacial score (nSPS) is 22.9. The molecule has 37 heavy (non-hydrogen) atoms. The molecule has 0 spiro atoms. The van der Waals surface area contributed by atoms with Crippen LogP contribution in [0.4, 0.5) is 27.8 Å². The van der Waals surface area contributed by atoms with Crippen LogP contribution >= 0.6 is 0 Å². The number of para-hydroxylation sites is 1. The number of nitrogens with zero attached hydrogens (tertiary/aromatic N) is 1. The molecule has 194 valence electrons. The number of aromatic nitrogens is 1. The van der Waals surface area contributed by atoms with Crippen LogP contribution in [-0.2, 0) is 12.6 Å². The van der Waals surface area contributed by atoms with Gasteiger partial charge in [0, 0.05) is 18.3 Å². The van der Waals surface area contributed by atoms with E-state index in [0.29, 0.717) is 44.5 Å². The van der Waals surface area contributed by atoms with E-state index in [2.05, 4.69) is 15.6 Å². The number of nitrogens with one attached hydrogen (secondary N) is 2. The zero-order valence-electron chi connectivity index (χ0n) is 19.6. The molecule has 3 aliphatic rings. The number of alkyl halides is 3. The number of anilines is 1. The van der Waals surface area contributed by atoms with Gasteiger partial charge in [0.25, 0.3) is 5.91 Å². The lowest BCUT2D eigenvalue weighted by Gasteiger charge is -2.73. The third kappa shape index (κ3) is 4.84. The third-order valence-electron chi connectivity index (χ3n) is 7.54. The summed E-state index contributed by atoms with van der Waals surface area (Å²) in [5.41, 5.74) is -0.760. The summed E-state index contributed by atoms with van der Waals surface area (Å²) in [5.74, 6) is -2.22. The molecule has 1 amide bonds. The number of hydrogen-bond donors (Lipinski definition) is 3. The SMILES string of the molecule is O=C(NCC(Cc1ccc(F)cc1)C12CC(Nc3ncc(C(F)(F)F)cc3F)(C1)C2)c1ccccc1O. The Kier molecular flexibility index (Phi) is 6.08. The summed E-state index contributed by atoms with van der Waals surface area (Å²) < 4.78 is 66.3. The Morgan fingerprint density at radius 1 is 1.05 bits per heavy atom. The predicted molar refractivity (Wildman–Crippen MR) is 126 cm³/mol. The summed E-state index contributed by atoms with van der Waals surface area (Å²) in [6.07, 6.45) is -1.63. The van der Waals surface area contributed by atoms with Gasteiger partial charge in [-0.15, -0.1) is 0 Å². The number of halogens is 5. The molecule has 10 heteroatoms. The summed E-state index contributed by atoms with van der Waals surface area (Å²) in [4.78, 5) is 16.3. The number of hydrogen-bond acceptors (Lipinski definition) is 4. The second kappa shape index (κ2) is 9.00. The quantitative estimate of drug-likeness (QED) is 0.335. The van der Waals surface area contributed by atoms with Crippen LogP contribution in [0.1, 0.15) is 40.7 Å². The van der Waals surface area contributed by atoms with Crippen molar-refractivity contribution in [3.8, 4) is 5.75 Å². The Bertz CT molecular complexity index is 1310. The fraction of sp³-hybridized carbons (Fsp3) is 0.333. The number of rotatable bonds is 8. The summed E-state index contributed by atoms with van der Waals surface area (Å²) in [6, 6.07) is 12.8. The number of aromatic hydroxyl groups is 1. The minimum absolute atomic E-state index is 0.0400. The van der Waals surface area contributed by atoms with E-state index in [1.54, 1.807) is 24.3 Å².